The van der Waals surface area contributed by atoms with Crippen LogP contribution in [0.2, 0.25) is 0 Å². The van der Waals surface area contributed by atoms with Gasteiger partial charge in [-0.15, -0.1) is 0 Å². The van der Waals surface area contributed by atoms with Crippen LogP contribution in [-0.2, 0) is 6.42 Å². The molecular weight excluding hydrogens is 214 g/mol. The summed E-state index contributed by atoms with van der Waals surface area (Å²) in [5.41, 5.74) is 9.15. The lowest BCUT2D eigenvalue weighted by Gasteiger charge is -2.06. The fraction of sp³-hybridized carbons (Fsp3) is 0.231. The van der Waals surface area contributed by atoms with Crippen LogP contribution < -0.4 is 11.3 Å². The van der Waals surface area contributed by atoms with Crippen molar-refractivity contribution in [3.05, 3.63) is 46.0 Å². The SMILES string of the molecule is CCc1ccc(-c2cc(=O)[nH]c(C)n2)cc1N. The van der Waals surface area contributed by atoms with E-state index in [2.05, 4.69) is 16.9 Å². The van der Waals surface area contributed by atoms with Gasteiger partial charge in [-0.25, -0.2) is 4.98 Å². The molecule has 17 heavy (non-hydrogen) atoms. The second kappa shape index (κ2) is 4.41. The minimum atomic E-state index is -0.148. The molecule has 0 fully saturated rings. The maximum absolute atomic E-state index is 11.4. The van der Waals surface area contributed by atoms with Gasteiger partial charge >= 0.3 is 0 Å². The zero-order valence-corrected chi connectivity index (χ0v) is 9.95. The summed E-state index contributed by atoms with van der Waals surface area (Å²) in [6, 6.07) is 7.26. The normalized spacial score (nSPS) is 10.5. The Morgan fingerprint density at radius 2 is 2.12 bits per heavy atom. The first-order chi connectivity index (χ1) is 8.10. The summed E-state index contributed by atoms with van der Waals surface area (Å²) in [7, 11) is 0. The van der Waals surface area contributed by atoms with Crippen molar-refractivity contribution in [3.63, 3.8) is 0 Å². The Bertz CT molecular complexity index is 602. The smallest absolute Gasteiger partial charge is 0.251 e. The van der Waals surface area contributed by atoms with Gasteiger partial charge in [-0.2, -0.15) is 0 Å². The number of nitrogen functional groups attached to an aromatic ring is 1. The number of hydrogen-bond donors (Lipinski definition) is 2. The molecule has 1 aromatic heterocycles. The van der Waals surface area contributed by atoms with Crippen LogP contribution in [0.25, 0.3) is 11.3 Å². The first kappa shape index (κ1) is 11.4. The zero-order chi connectivity index (χ0) is 12.4. The monoisotopic (exact) mass is 229 g/mol. The first-order valence-electron chi connectivity index (χ1n) is 5.57. The Hall–Kier alpha value is -2.10. The van der Waals surface area contributed by atoms with Crippen LogP contribution >= 0.6 is 0 Å². The fourth-order valence-corrected chi connectivity index (χ4v) is 1.80. The Balaban J connectivity index is 2.53. The number of anilines is 1. The number of aromatic nitrogens is 2. The van der Waals surface area contributed by atoms with E-state index in [1.165, 1.54) is 6.07 Å². The molecule has 0 atom stereocenters. The number of aryl methyl sites for hydroxylation is 2. The van der Waals surface area contributed by atoms with Gasteiger partial charge in [0.1, 0.15) is 5.82 Å². The molecule has 88 valence electrons. The maximum atomic E-state index is 11.4. The summed E-state index contributed by atoms with van der Waals surface area (Å²) in [5, 5.41) is 0. The van der Waals surface area contributed by atoms with E-state index in [9.17, 15) is 4.79 Å². The highest BCUT2D eigenvalue weighted by Gasteiger charge is 2.04. The number of nitrogens with two attached hydrogens (primary N) is 1. The van der Waals surface area contributed by atoms with Gasteiger partial charge in [-0.1, -0.05) is 19.1 Å². The molecule has 0 aliphatic carbocycles. The van der Waals surface area contributed by atoms with Gasteiger partial charge in [0.05, 0.1) is 5.69 Å². The van der Waals surface area contributed by atoms with E-state index in [4.69, 9.17) is 5.73 Å². The number of nitrogens with zero attached hydrogens (tertiary/aromatic N) is 1. The second-order valence-corrected chi connectivity index (χ2v) is 3.98. The average molecular weight is 229 g/mol. The van der Waals surface area contributed by atoms with Crippen molar-refractivity contribution in [2.75, 3.05) is 5.73 Å². The van der Waals surface area contributed by atoms with Crippen LogP contribution in [0, 0.1) is 6.92 Å². The Morgan fingerprint density at radius 1 is 1.35 bits per heavy atom. The molecule has 0 amide bonds. The fourth-order valence-electron chi connectivity index (χ4n) is 1.80. The molecule has 3 N–H and O–H groups in total. The molecule has 0 unspecified atom stereocenters. The lowest BCUT2D eigenvalue weighted by atomic mass is 10.1. The molecule has 0 spiro atoms. The van der Waals surface area contributed by atoms with Crippen molar-refractivity contribution in [1.82, 2.24) is 9.97 Å². The van der Waals surface area contributed by atoms with Crippen LogP contribution in [0.15, 0.2) is 29.1 Å². The zero-order valence-electron chi connectivity index (χ0n) is 9.95. The average Bonchev–Trinajstić information content (AvgIpc) is 2.27. The molecule has 1 heterocycles. The number of benzene rings is 1. The molecule has 0 aliphatic heterocycles. The number of nitrogens with one attached hydrogen (secondary N) is 1. The number of aromatic amines is 1. The highest BCUT2D eigenvalue weighted by Crippen LogP contribution is 2.21. The van der Waals surface area contributed by atoms with E-state index in [0.717, 1.165) is 23.2 Å². The van der Waals surface area contributed by atoms with E-state index >= 15 is 0 Å². The summed E-state index contributed by atoms with van der Waals surface area (Å²) in [6.45, 7) is 3.82. The number of rotatable bonds is 2. The molecule has 4 nitrogen and oxygen atoms in total. The van der Waals surface area contributed by atoms with E-state index < -0.39 is 0 Å². The number of H-pyrrole nitrogens is 1. The summed E-state index contributed by atoms with van der Waals surface area (Å²) < 4.78 is 0. The van der Waals surface area contributed by atoms with Crippen molar-refractivity contribution in [2.45, 2.75) is 20.3 Å². The third kappa shape index (κ3) is 2.36. The van der Waals surface area contributed by atoms with Crippen molar-refractivity contribution in [2.24, 2.45) is 0 Å². The third-order valence-corrected chi connectivity index (χ3v) is 2.68. The molecule has 1 aromatic carbocycles. The Morgan fingerprint density at radius 3 is 2.71 bits per heavy atom. The van der Waals surface area contributed by atoms with Gasteiger partial charge in [-0.3, -0.25) is 4.79 Å². The van der Waals surface area contributed by atoms with Crippen LogP contribution in [0.3, 0.4) is 0 Å². The minimum Gasteiger partial charge on any atom is -0.398 e. The summed E-state index contributed by atoms with van der Waals surface area (Å²) >= 11 is 0. The Labute approximate surface area is 99.5 Å². The summed E-state index contributed by atoms with van der Waals surface area (Å²) in [6.07, 6.45) is 0.897. The van der Waals surface area contributed by atoms with Gasteiger partial charge in [0.2, 0.25) is 0 Å². The van der Waals surface area contributed by atoms with E-state index in [1.54, 1.807) is 6.92 Å². The van der Waals surface area contributed by atoms with E-state index in [0.29, 0.717) is 11.5 Å². The molecular formula is C13H15N3O. The van der Waals surface area contributed by atoms with E-state index in [1.807, 2.05) is 18.2 Å². The van der Waals surface area contributed by atoms with Gasteiger partial charge in [0.25, 0.3) is 5.56 Å². The molecule has 2 aromatic rings. The Kier molecular flexibility index (Phi) is 2.95. The molecule has 4 heteroatoms. The highest BCUT2D eigenvalue weighted by molar-refractivity contribution is 5.66. The molecule has 2 rings (SSSR count). The standard InChI is InChI=1S/C13H15N3O/c1-3-9-4-5-10(6-11(9)14)12-7-13(17)16-8(2)15-12/h4-7H,3,14H2,1-2H3,(H,15,16,17). The van der Waals surface area contributed by atoms with E-state index in [-0.39, 0.29) is 5.56 Å². The molecule has 0 bridgehead atoms. The van der Waals surface area contributed by atoms with Crippen molar-refractivity contribution in [1.29, 1.82) is 0 Å². The number of hydrogen-bond acceptors (Lipinski definition) is 3. The van der Waals surface area contributed by atoms with Crippen LogP contribution in [0.5, 0.6) is 0 Å². The largest absolute Gasteiger partial charge is 0.398 e. The third-order valence-electron chi connectivity index (χ3n) is 2.68. The van der Waals surface area contributed by atoms with Gasteiger partial charge in [0.15, 0.2) is 0 Å². The molecule has 0 saturated carbocycles. The lowest BCUT2D eigenvalue weighted by molar-refractivity contribution is 1.02. The topological polar surface area (TPSA) is 71.8 Å². The van der Waals surface area contributed by atoms with Crippen molar-refractivity contribution >= 4 is 5.69 Å². The summed E-state index contributed by atoms with van der Waals surface area (Å²) in [5.74, 6) is 0.602. The lowest BCUT2D eigenvalue weighted by Crippen LogP contribution is -2.08. The van der Waals surface area contributed by atoms with Crippen LogP contribution in [-0.4, -0.2) is 9.97 Å². The minimum absolute atomic E-state index is 0.148. The predicted molar refractivity (Wildman–Crippen MR) is 68.8 cm³/mol. The van der Waals surface area contributed by atoms with Gasteiger partial charge < -0.3 is 10.7 Å². The predicted octanol–water partition coefficient (Wildman–Crippen LogP) is 1.89. The molecule has 0 aliphatic rings. The maximum Gasteiger partial charge on any atom is 0.251 e. The van der Waals surface area contributed by atoms with Crippen molar-refractivity contribution in [3.8, 4) is 11.3 Å². The highest BCUT2D eigenvalue weighted by atomic mass is 16.1. The quantitative estimate of drug-likeness (QED) is 0.772. The van der Waals surface area contributed by atoms with Gasteiger partial charge in [-0.05, 0) is 25.0 Å². The van der Waals surface area contributed by atoms with Crippen LogP contribution in [0.1, 0.15) is 18.3 Å². The molecule has 0 radical (unpaired) electrons. The van der Waals surface area contributed by atoms with Crippen LogP contribution in [0.4, 0.5) is 5.69 Å². The van der Waals surface area contributed by atoms with Crippen molar-refractivity contribution < 1.29 is 0 Å². The molecule has 0 saturated heterocycles. The first-order valence-corrected chi connectivity index (χ1v) is 5.57. The second-order valence-electron chi connectivity index (χ2n) is 3.98. The summed E-state index contributed by atoms with van der Waals surface area (Å²) in [4.78, 5) is 18.3. The van der Waals surface area contributed by atoms with Gasteiger partial charge in [0, 0.05) is 17.3 Å².